The Morgan fingerprint density at radius 1 is 1.33 bits per heavy atom. The van der Waals surface area contributed by atoms with Crippen LogP contribution in [0.3, 0.4) is 0 Å². The van der Waals surface area contributed by atoms with E-state index < -0.39 is 6.67 Å². The van der Waals surface area contributed by atoms with Gasteiger partial charge in [-0.3, -0.25) is 5.84 Å². The molecule has 5 heteroatoms. The van der Waals surface area contributed by atoms with Gasteiger partial charge in [-0.15, -0.1) is 0 Å². The molecule has 0 bridgehead atoms. The molecule has 0 aliphatic rings. The third-order valence-electron chi connectivity index (χ3n) is 1.58. The van der Waals surface area contributed by atoms with Crippen molar-refractivity contribution in [2.24, 2.45) is 10.8 Å². The lowest BCUT2D eigenvalue weighted by atomic mass is 10.3. The number of nitrogens with one attached hydrogen (secondary N) is 1. The largest absolute Gasteiger partial charge is 0.473 e. The molecule has 100 valence electrons. The molecule has 0 aliphatic carbocycles. The maximum atomic E-state index is 11.7. The van der Waals surface area contributed by atoms with Gasteiger partial charge in [-0.1, -0.05) is 23.8 Å². The normalized spacial score (nSPS) is 12.6. The molecule has 0 amide bonds. The standard InChI is InChI=1S/C13H20FN3O/c1-12(2)11-13(16-8-9-17-15)18-10-6-4-3-5-7-14/h3-6,8-9,11,17H,7,10,15H2,1-2H3/b5-3-,6-4-,9-8+,16-13+. The van der Waals surface area contributed by atoms with Gasteiger partial charge in [-0.05, 0) is 26.0 Å². The molecular formula is C13H20FN3O. The Morgan fingerprint density at radius 3 is 2.67 bits per heavy atom. The minimum Gasteiger partial charge on any atom is -0.473 e. The van der Waals surface area contributed by atoms with Crippen LogP contribution in [0.15, 0.2) is 53.3 Å². The Balaban J connectivity index is 4.30. The molecule has 0 fully saturated rings. The van der Waals surface area contributed by atoms with Gasteiger partial charge in [0.1, 0.15) is 13.3 Å². The minimum absolute atomic E-state index is 0.364. The molecule has 18 heavy (non-hydrogen) atoms. The first-order valence-electron chi connectivity index (χ1n) is 5.55. The molecule has 0 saturated heterocycles. The van der Waals surface area contributed by atoms with Crippen LogP contribution >= 0.6 is 0 Å². The number of hydrogen-bond donors (Lipinski definition) is 2. The molecular weight excluding hydrogens is 233 g/mol. The van der Waals surface area contributed by atoms with Gasteiger partial charge in [0.15, 0.2) is 0 Å². The highest BCUT2D eigenvalue weighted by Gasteiger charge is 1.92. The van der Waals surface area contributed by atoms with Gasteiger partial charge in [0.05, 0.1) is 0 Å². The van der Waals surface area contributed by atoms with Crippen molar-refractivity contribution in [2.45, 2.75) is 13.8 Å². The Bertz CT molecular complexity index is 353. The maximum absolute atomic E-state index is 11.7. The van der Waals surface area contributed by atoms with E-state index >= 15 is 0 Å². The predicted molar refractivity (Wildman–Crippen MR) is 73.5 cm³/mol. The van der Waals surface area contributed by atoms with Crippen molar-refractivity contribution in [1.82, 2.24) is 5.43 Å². The number of allylic oxidation sites excluding steroid dienone is 4. The van der Waals surface area contributed by atoms with Gasteiger partial charge in [0.25, 0.3) is 0 Å². The highest BCUT2D eigenvalue weighted by Crippen LogP contribution is 1.95. The van der Waals surface area contributed by atoms with Crippen molar-refractivity contribution in [2.75, 3.05) is 13.3 Å². The van der Waals surface area contributed by atoms with E-state index in [4.69, 9.17) is 10.6 Å². The van der Waals surface area contributed by atoms with Crippen LogP contribution < -0.4 is 11.3 Å². The molecule has 3 N–H and O–H groups in total. The number of hydrogen-bond acceptors (Lipinski definition) is 4. The average Bonchev–Trinajstić information content (AvgIpc) is 2.33. The summed E-state index contributed by atoms with van der Waals surface area (Å²) in [5.74, 6) is 5.56. The fourth-order valence-corrected chi connectivity index (χ4v) is 0.915. The van der Waals surface area contributed by atoms with Gasteiger partial charge in [-0.25, -0.2) is 9.38 Å². The molecule has 0 spiro atoms. The average molecular weight is 253 g/mol. The van der Waals surface area contributed by atoms with Gasteiger partial charge in [0.2, 0.25) is 5.90 Å². The highest BCUT2D eigenvalue weighted by atomic mass is 19.1. The number of halogens is 1. The molecule has 0 unspecified atom stereocenters. The van der Waals surface area contributed by atoms with Crippen LogP contribution in [0.5, 0.6) is 0 Å². The van der Waals surface area contributed by atoms with Crippen LogP contribution in [0.4, 0.5) is 4.39 Å². The van der Waals surface area contributed by atoms with E-state index in [-0.39, 0.29) is 0 Å². The summed E-state index contributed by atoms with van der Waals surface area (Å²) in [6.45, 7) is 3.79. The summed E-state index contributed by atoms with van der Waals surface area (Å²) in [6.07, 6.45) is 11.3. The van der Waals surface area contributed by atoms with Gasteiger partial charge < -0.3 is 10.2 Å². The molecule has 4 nitrogen and oxygen atoms in total. The number of rotatable bonds is 7. The van der Waals surface area contributed by atoms with Crippen molar-refractivity contribution < 1.29 is 9.13 Å². The lowest BCUT2D eigenvalue weighted by Crippen LogP contribution is -2.12. The molecule has 0 aromatic rings. The maximum Gasteiger partial charge on any atom is 0.213 e. The van der Waals surface area contributed by atoms with E-state index in [9.17, 15) is 4.39 Å². The molecule has 0 heterocycles. The topological polar surface area (TPSA) is 59.6 Å². The Hall–Kier alpha value is -1.88. The van der Waals surface area contributed by atoms with Crippen LogP contribution in [0.25, 0.3) is 0 Å². The molecule has 0 aliphatic heterocycles. The summed E-state index contributed by atoms with van der Waals surface area (Å²) in [4.78, 5) is 4.07. The van der Waals surface area contributed by atoms with E-state index in [1.165, 1.54) is 18.5 Å². The van der Waals surface area contributed by atoms with Gasteiger partial charge in [-0.2, -0.15) is 0 Å². The zero-order chi connectivity index (χ0) is 13.6. The van der Waals surface area contributed by atoms with Crippen molar-refractivity contribution >= 4 is 5.90 Å². The van der Waals surface area contributed by atoms with Crippen LogP contribution in [-0.4, -0.2) is 19.2 Å². The SMILES string of the molecule is CC(C)=C/C(=N\C=C\NN)OC/C=C\C=C/CF. The zero-order valence-corrected chi connectivity index (χ0v) is 10.8. The summed E-state index contributed by atoms with van der Waals surface area (Å²) in [7, 11) is 0. The lowest BCUT2D eigenvalue weighted by molar-refractivity contribution is 0.353. The number of nitrogens with zero attached hydrogens (tertiary/aromatic N) is 1. The van der Waals surface area contributed by atoms with E-state index in [0.29, 0.717) is 12.5 Å². The first-order chi connectivity index (χ1) is 8.70. The number of alkyl halides is 1. The lowest BCUT2D eigenvalue weighted by Gasteiger charge is -2.02. The summed E-state index contributed by atoms with van der Waals surface area (Å²) in [5, 5.41) is 0. The zero-order valence-electron chi connectivity index (χ0n) is 10.8. The molecule has 0 atom stereocenters. The van der Waals surface area contributed by atoms with E-state index in [1.807, 2.05) is 19.9 Å². The van der Waals surface area contributed by atoms with Gasteiger partial charge in [0, 0.05) is 12.4 Å². The van der Waals surface area contributed by atoms with Crippen LogP contribution in [0.2, 0.25) is 0 Å². The molecule has 0 radical (unpaired) electrons. The summed E-state index contributed by atoms with van der Waals surface area (Å²) >= 11 is 0. The monoisotopic (exact) mass is 253 g/mol. The molecule has 0 aromatic carbocycles. The van der Waals surface area contributed by atoms with Crippen molar-refractivity contribution in [3.05, 3.63) is 48.4 Å². The summed E-state index contributed by atoms with van der Waals surface area (Å²) in [5.41, 5.74) is 3.42. The first-order valence-corrected chi connectivity index (χ1v) is 5.55. The smallest absolute Gasteiger partial charge is 0.213 e. The van der Waals surface area contributed by atoms with Crippen LogP contribution in [0.1, 0.15) is 13.8 Å². The molecule has 0 saturated carbocycles. The van der Waals surface area contributed by atoms with E-state index in [1.54, 1.807) is 18.2 Å². The second-order valence-electron chi connectivity index (χ2n) is 3.49. The first kappa shape index (κ1) is 16.1. The van der Waals surface area contributed by atoms with Crippen molar-refractivity contribution in [3.8, 4) is 0 Å². The summed E-state index contributed by atoms with van der Waals surface area (Å²) < 4.78 is 17.2. The van der Waals surface area contributed by atoms with Gasteiger partial charge >= 0.3 is 0 Å². The number of hydrazine groups is 1. The van der Waals surface area contributed by atoms with Crippen molar-refractivity contribution in [1.29, 1.82) is 0 Å². The molecule has 0 rings (SSSR count). The Morgan fingerprint density at radius 2 is 2.06 bits per heavy atom. The predicted octanol–water partition coefficient (Wildman–Crippen LogP) is 2.38. The van der Waals surface area contributed by atoms with Crippen molar-refractivity contribution in [3.63, 3.8) is 0 Å². The Labute approximate surface area is 107 Å². The van der Waals surface area contributed by atoms with E-state index in [2.05, 4.69) is 10.4 Å². The fraction of sp³-hybridized carbons (Fsp3) is 0.308. The van der Waals surface area contributed by atoms with Crippen LogP contribution in [-0.2, 0) is 4.74 Å². The third kappa shape index (κ3) is 10.6. The third-order valence-corrected chi connectivity index (χ3v) is 1.58. The van der Waals surface area contributed by atoms with Crippen LogP contribution in [0, 0.1) is 0 Å². The Kier molecular flexibility index (Phi) is 10.4. The second kappa shape index (κ2) is 11.6. The number of ether oxygens (including phenoxy) is 1. The number of aliphatic imine (C=N–C) groups is 1. The quantitative estimate of drug-likeness (QED) is 0.241. The fourth-order valence-electron chi connectivity index (χ4n) is 0.915. The summed E-state index contributed by atoms with van der Waals surface area (Å²) in [6, 6.07) is 0. The number of nitrogens with two attached hydrogens (primary N) is 1. The molecule has 0 aromatic heterocycles. The second-order valence-corrected chi connectivity index (χ2v) is 3.49. The highest BCUT2D eigenvalue weighted by molar-refractivity contribution is 5.88. The minimum atomic E-state index is -0.466. The van der Waals surface area contributed by atoms with E-state index in [0.717, 1.165) is 5.57 Å².